The number of nitrogens with one attached hydrogen (secondary N) is 1. The second-order valence-corrected chi connectivity index (χ2v) is 5.84. The van der Waals surface area contributed by atoms with E-state index in [1.807, 2.05) is 55.5 Å². The van der Waals surface area contributed by atoms with Crippen LogP contribution in [-0.4, -0.2) is 12.5 Å². The van der Waals surface area contributed by atoms with Crippen molar-refractivity contribution in [2.75, 3.05) is 11.9 Å². The highest BCUT2D eigenvalue weighted by molar-refractivity contribution is 5.94. The summed E-state index contributed by atoms with van der Waals surface area (Å²) in [4.78, 5) is 11.9. The lowest BCUT2D eigenvalue weighted by Crippen LogP contribution is -2.14. The van der Waals surface area contributed by atoms with Gasteiger partial charge in [0.2, 0.25) is 5.91 Å². The molecule has 0 radical (unpaired) electrons. The van der Waals surface area contributed by atoms with E-state index in [1.54, 1.807) is 0 Å². The van der Waals surface area contributed by atoms with Crippen LogP contribution < -0.4 is 14.8 Å². The van der Waals surface area contributed by atoms with Crippen LogP contribution in [0.5, 0.6) is 17.2 Å². The number of benzene rings is 2. The van der Waals surface area contributed by atoms with Crippen molar-refractivity contribution in [2.24, 2.45) is 11.8 Å². The van der Waals surface area contributed by atoms with Gasteiger partial charge in [-0.1, -0.05) is 6.92 Å². The van der Waals surface area contributed by atoms with E-state index in [0.29, 0.717) is 12.5 Å². The number of amides is 1. The van der Waals surface area contributed by atoms with Crippen LogP contribution in [0.15, 0.2) is 48.5 Å². The van der Waals surface area contributed by atoms with E-state index in [9.17, 15) is 4.79 Å². The van der Waals surface area contributed by atoms with E-state index in [2.05, 4.69) is 12.2 Å². The summed E-state index contributed by atoms with van der Waals surface area (Å²) in [6.45, 7) is 4.69. The normalized spacial score (nSPS) is 19.0. The molecule has 0 bridgehead atoms. The Bertz CT molecular complexity index is 664. The van der Waals surface area contributed by atoms with Crippen LogP contribution in [0, 0.1) is 11.8 Å². The van der Waals surface area contributed by atoms with Crippen molar-refractivity contribution in [1.82, 2.24) is 0 Å². The summed E-state index contributed by atoms with van der Waals surface area (Å²) in [6.07, 6.45) is 0.991. The predicted molar refractivity (Wildman–Crippen MR) is 90.0 cm³/mol. The van der Waals surface area contributed by atoms with Crippen LogP contribution in [0.1, 0.15) is 20.3 Å². The van der Waals surface area contributed by atoms with E-state index in [0.717, 1.165) is 29.4 Å². The molecule has 0 aromatic heterocycles. The Morgan fingerprint density at radius 2 is 1.57 bits per heavy atom. The van der Waals surface area contributed by atoms with Crippen molar-refractivity contribution in [3.05, 3.63) is 48.5 Å². The third-order valence-electron chi connectivity index (χ3n) is 3.94. The fourth-order valence-corrected chi connectivity index (χ4v) is 2.44. The molecule has 23 heavy (non-hydrogen) atoms. The second-order valence-electron chi connectivity index (χ2n) is 5.84. The van der Waals surface area contributed by atoms with Crippen molar-refractivity contribution in [3.63, 3.8) is 0 Å². The van der Waals surface area contributed by atoms with E-state index in [4.69, 9.17) is 9.47 Å². The van der Waals surface area contributed by atoms with Crippen molar-refractivity contribution in [3.8, 4) is 17.2 Å². The highest BCUT2D eigenvalue weighted by Crippen LogP contribution is 2.38. The smallest absolute Gasteiger partial charge is 0.227 e. The summed E-state index contributed by atoms with van der Waals surface area (Å²) < 4.78 is 11.2. The molecule has 120 valence electrons. The molecular formula is C19H21NO3. The van der Waals surface area contributed by atoms with Crippen molar-refractivity contribution in [1.29, 1.82) is 0 Å². The van der Waals surface area contributed by atoms with E-state index in [1.165, 1.54) is 0 Å². The molecule has 3 rings (SSSR count). The lowest BCUT2D eigenvalue weighted by atomic mass is 10.2. The number of hydrogen-bond acceptors (Lipinski definition) is 3. The standard InChI is InChI=1S/C19H21NO3/c1-3-22-15-8-10-17(11-9-15)23-16-6-4-14(5-7-16)20-19(21)18-12-13(18)2/h4-11,13,18H,3,12H2,1-2H3,(H,20,21)/t13-,18+/m0/s1. The maximum atomic E-state index is 11.9. The molecule has 2 aromatic carbocycles. The van der Waals surface area contributed by atoms with Gasteiger partial charge in [0.15, 0.2) is 0 Å². The van der Waals surface area contributed by atoms with Crippen LogP contribution in [0.2, 0.25) is 0 Å². The zero-order valence-corrected chi connectivity index (χ0v) is 13.4. The van der Waals surface area contributed by atoms with Crippen LogP contribution in [0.25, 0.3) is 0 Å². The molecule has 1 aliphatic carbocycles. The van der Waals surface area contributed by atoms with Gasteiger partial charge in [-0.2, -0.15) is 0 Å². The van der Waals surface area contributed by atoms with Gasteiger partial charge in [0.1, 0.15) is 17.2 Å². The van der Waals surface area contributed by atoms with Gasteiger partial charge in [-0.05, 0) is 67.8 Å². The average molecular weight is 311 g/mol. The zero-order chi connectivity index (χ0) is 16.2. The number of anilines is 1. The Morgan fingerprint density at radius 1 is 1.04 bits per heavy atom. The summed E-state index contributed by atoms with van der Waals surface area (Å²) in [5.74, 6) is 3.10. The molecule has 4 nitrogen and oxygen atoms in total. The molecule has 1 aliphatic rings. The predicted octanol–water partition coefficient (Wildman–Crippen LogP) is 4.47. The third kappa shape index (κ3) is 4.03. The minimum atomic E-state index is 0.109. The van der Waals surface area contributed by atoms with Gasteiger partial charge in [0.25, 0.3) is 0 Å². The first-order valence-electron chi connectivity index (χ1n) is 7.97. The number of hydrogen-bond donors (Lipinski definition) is 1. The van der Waals surface area contributed by atoms with Gasteiger partial charge in [-0.3, -0.25) is 4.79 Å². The summed E-state index contributed by atoms with van der Waals surface area (Å²) in [5.41, 5.74) is 0.799. The number of carbonyl (C=O) groups excluding carboxylic acids is 1. The van der Waals surface area contributed by atoms with Gasteiger partial charge in [-0.15, -0.1) is 0 Å². The summed E-state index contributed by atoms with van der Waals surface area (Å²) in [6, 6.07) is 14.9. The maximum absolute atomic E-state index is 11.9. The first-order chi connectivity index (χ1) is 11.2. The average Bonchev–Trinajstić information content (AvgIpc) is 3.28. The molecule has 1 amide bonds. The second kappa shape index (κ2) is 6.73. The zero-order valence-electron chi connectivity index (χ0n) is 13.4. The van der Waals surface area contributed by atoms with Crippen molar-refractivity contribution < 1.29 is 14.3 Å². The molecule has 2 aromatic rings. The fourth-order valence-electron chi connectivity index (χ4n) is 2.44. The molecule has 0 saturated heterocycles. The maximum Gasteiger partial charge on any atom is 0.227 e. The van der Waals surface area contributed by atoms with Gasteiger partial charge in [0.05, 0.1) is 6.61 Å². The molecule has 2 atom stereocenters. The Morgan fingerprint density at radius 3 is 2.09 bits per heavy atom. The topological polar surface area (TPSA) is 47.6 Å². The van der Waals surface area contributed by atoms with Gasteiger partial charge >= 0.3 is 0 Å². The summed E-state index contributed by atoms with van der Waals surface area (Å²) in [5, 5.41) is 2.94. The largest absolute Gasteiger partial charge is 0.494 e. The van der Waals surface area contributed by atoms with Gasteiger partial charge < -0.3 is 14.8 Å². The minimum Gasteiger partial charge on any atom is -0.494 e. The molecule has 1 N–H and O–H groups in total. The van der Waals surface area contributed by atoms with E-state index >= 15 is 0 Å². The molecule has 4 heteroatoms. The van der Waals surface area contributed by atoms with Crippen LogP contribution in [0.3, 0.4) is 0 Å². The first kappa shape index (κ1) is 15.4. The van der Waals surface area contributed by atoms with E-state index in [-0.39, 0.29) is 11.8 Å². The lowest BCUT2D eigenvalue weighted by Gasteiger charge is -2.09. The third-order valence-corrected chi connectivity index (χ3v) is 3.94. The Labute approximate surface area is 136 Å². The van der Waals surface area contributed by atoms with E-state index < -0.39 is 0 Å². The Kier molecular flexibility index (Phi) is 4.51. The molecule has 0 spiro atoms. The van der Waals surface area contributed by atoms with Crippen LogP contribution in [-0.2, 0) is 4.79 Å². The van der Waals surface area contributed by atoms with Gasteiger partial charge in [0, 0.05) is 11.6 Å². The quantitative estimate of drug-likeness (QED) is 0.856. The summed E-state index contributed by atoms with van der Waals surface area (Å²) in [7, 11) is 0. The van der Waals surface area contributed by atoms with Gasteiger partial charge in [-0.25, -0.2) is 0 Å². The van der Waals surface area contributed by atoms with Crippen molar-refractivity contribution in [2.45, 2.75) is 20.3 Å². The minimum absolute atomic E-state index is 0.109. The number of ether oxygens (including phenoxy) is 2. The van der Waals surface area contributed by atoms with Crippen molar-refractivity contribution >= 4 is 11.6 Å². The van der Waals surface area contributed by atoms with Crippen LogP contribution in [0.4, 0.5) is 5.69 Å². The first-order valence-corrected chi connectivity index (χ1v) is 7.97. The van der Waals surface area contributed by atoms with Crippen LogP contribution >= 0.6 is 0 Å². The molecule has 0 heterocycles. The lowest BCUT2D eigenvalue weighted by molar-refractivity contribution is -0.117. The number of carbonyl (C=O) groups is 1. The molecule has 0 unspecified atom stereocenters. The monoisotopic (exact) mass is 311 g/mol. The Balaban J connectivity index is 1.57. The molecule has 1 fully saturated rings. The molecule has 1 saturated carbocycles. The molecule has 0 aliphatic heterocycles. The Hall–Kier alpha value is -2.49. The molecular weight excluding hydrogens is 290 g/mol. The SMILES string of the molecule is CCOc1ccc(Oc2ccc(NC(=O)[C@@H]3C[C@@H]3C)cc2)cc1. The fraction of sp³-hybridized carbons (Fsp3) is 0.316. The highest BCUT2D eigenvalue weighted by Gasteiger charge is 2.38. The number of rotatable bonds is 6. The summed E-state index contributed by atoms with van der Waals surface area (Å²) >= 11 is 0. The highest BCUT2D eigenvalue weighted by atomic mass is 16.5.